The minimum absolute atomic E-state index is 0.109. The van der Waals surface area contributed by atoms with Crippen molar-refractivity contribution in [1.29, 1.82) is 0 Å². The van der Waals surface area contributed by atoms with Crippen LogP contribution in [0.15, 0.2) is 11.3 Å². The number of aliphatic hydroxyl groups is 1. The predicted molar refractivity (Wildman–Crippen MR) is 61.6 cm³/mol. The van der Waals surface area contributed by atoms with Gasteiger partial charge in [-0.2, -0.15) is 0 Å². The summed E-state index contributed by atoms with van der Waals surface area (Å²) in [6.07, 6.45) is 3.83. The van der Waals surface area contributed by atoms with Gasteiger partial charge in [-0.05, 0) is 32.1 Å². The highest BCUT2D eigenvalue weighted by molar-refractivity contribution is 5.15. The number of nitrogens with one attached hydrogen (secondary N) is 1. The molecule has 1 aliphatic rings. The molecule has 0 saturated carbocycles. The fourth-order valence-corrected chi connectivity index (χ4v) is 2.12. The summed E-state index contributed by atoms with van der Waals surface area (Å²) in [5.74, 6) is 0.664. The maximum absolute atomic E-state index is 8.54. The van der Waals surface area contributed by atoms with Crippen molar-refractivity contribution < 1.29 is 9.84 Å². The Hall–Kier alpha value is -0.540. The molecule has 15 heavy (non-hydrogen) atoms. The van der Waals surface area contributed by atoms with E-state index in [1.54, 1.807) is 0 Å². The zero-order valence-corrected chi connectivity index (χ0v) is 9.88. The van der Waals surface area contributed by atoms with Gasteiger partial charge in [-0.15, -0.1) is 0 Å². The minimum atomic E-state index is 0.109. The smallest absolute Gasteiger partial charge is 0.0698 e. The Morgan fingerprint density at radius 1 is 1.47 bits per heavy atom. The first-order valence-corrected chi connectivity index (χ1v) is 5.87. The molecule has 0 amide bonds. The van der Waals surface area contributed by atoms with Gasteiger partial charge in [0.25, 0.3) is 0 Å². The third kappa shape index (κ3) is 4.22. The molecule has 0 aliphatic heterocycles. The van der Waals surface area contributed by atoms with Crippen LogP contribution in [0, 0.1) is 5.92 Å². The Morgan fingerprint density at radius 3 is 2.93 bits per heavy atom. The lowest BCUT2D eigenvalue weighted by Crippen LogP contribution is -2.26. The molecule has 1 rings (SSSR count). The summed E-state index contributed by atoms with van der Waals surface area (Å²) in [7, 11) is 0. The normalized spacial score (nSPS) is 21.9. The van der Waals surface area contributed by atoms with Gasteiger partial charge in [-0.25, -0.2) is 0 Å². The Bertz CT molecular complexity index is 214. The summed E-state index contributed by atoms with van der Waals surface area (Å²) >= 11 is 0. The third-order valence-corrected chi connectivity index (χ3v) is 2.94. The van der Waals surface area contributed by atoms with E-state index >= 15 is 0 Å². The highest BCUT2D eigenvalue weighted by Gasteiger charge is 2.16. The summed E-state index contributed by atoms with van der Waals surface area (Å²) in [4.78, 5) is 0. The van der Waals surface area contributed by atoms with Crippen LogP contribution in [-0.2, 0) is 4.74 Å². The van der Waals surface area contributed by atoms with Gasteiger partial charge in [0, 0.05) is 12.2 Å². The van der Waals surface area contributed by atoms with E-state index in [0.717, 1.165) is 6.54 Å². The monoisotopic (exact) mass is 213 g/mol. The maximum atomic E-state index is 8.54. The lowest BCUT2D eigenvalue weighted by molar-refractivity contribution is 0.0945. The Balaban J connectivity index is 2.24. The average molecular weight is 213 g/mol. The predicted octanol–water partition coefficient (Wildman–Crippen LogP) is 1.68. The third-order valence-electron chi connectivity index (χ3n) is 2.94. The van der Waals surface area contributed by atoms with Gasteiger partial charge in [-0.1, -0.05) is 12.5 Å². The van der Waals surface area contributed by atoms with E-state index < -0.39 is 0 Å². The average Bonchev–Trinajstić information content (AvgIpc) is 2.21. The first-order valence-electron chi connectivity index (χ1n) is 5.87. The molecule has 3 heteroatoms. The number of allylic oxidation sites excluding steroid dienone is 2. The summed E-state index contributed by atoms with van der Waals surface area (Å²) in [5, 5.41) is 12.0. The minimum Gasteiger partial charge on any atom is -0.394 e. The second kappa shape index (κ2) is 6.85. The second-order valence-corrected chi connectivity index (χ2v) is 4.25. The fourth-order valence-electron chi connectivity index (χ4n) is 2.12. The Kier molecular flexibility index (Phi) is 5.73. The first kappa shape index (κ1) is 12.5. The Morgan fingerprint density at radius 2 is 2.27 bits per heavy atom. The van der Waals surface area contributed by atoms with Crippen molar-refractivity contribution in [2.24, 2.45) is 5.92 Å². The van der Waals surface area contributed by atoms with Gasteiger partial charge >= 0.3 is 0 Å². The van der Waals surface area contributed by atoms with Crippen LogP contribution in [0.4, 0.5) is 0 Å². The van der Waals surface area contributed by atoms with Gasteiger partial charge in [-0.3, -0.25) is 0 Å². The van der Waals surface area contributed by atoms with Gasteiger partial charge in [0.2, 0.25) is 0 Å². The molecule has 1 unspecified atom stereocenters. The van der Waals surface area contributed by atoms with E-state index in [0.29, 0.717) is 19.1 Å². The SMILES string of the molecule is CC1=C(NCCOCCO)C(C)CCC1. The molecule has 0 fully saturated rings. The Labute approximate surface area is 92.5 Å². The quantitative estimate of drug-likeness (QED) is 0.660. The molecular weight excluding hydrogens is 190 g/mol. The van der Waals surface area contributed by atoms with Crippen LogP contribution in [0.25, 0.3) is 0 Å². The van der Waals surface area contributed by atoms with Crippen molar-refractivity contribution in [3.05, 3.63) is 11.3 Å². The molecule has 0 spiro atoms. The van der Waals surface area contributed by atoms with E-state index in [-0.39, 0.29) is 6.61 Å². The van der Waals surface area contributed by atoms with Crippen LogP contribution < -0.4 is 5.32 Å². The van der Waals surface area contributed by atoms with Crippen molar-refractivity contribution in [3.8, 4) is 0 Å². The van der Waals surface area contributed by atoms with Crippen molar-refractivity contribution >= 4 is 0 Å². The van der Waals surface area contributed by atoms with Crippen molar-refractivity contribution in [1.82, 2.24) is 5.32 Å². The van der Waals surface area contributed by atoms with Gasteiger partial charge in [0.05, 0.1) is 19.8 Å². The van der Waals surface area contributed by atoms with Crippen molar-refractivity contribution in [3.63, 3.8) is 0 Å². The number of rotatable bonds is 6. The molecule has 0 bridgehead atoms. The molecule has 0 radical (unpaired) electrons. The topological polar surface area (TPSA) is 41.5 Å². The summed E-state index contributed by atoms with van der Waals surface area (Å²) in [6.45, 7) is 6.56. The largest absolute Gasteiger partial charge is 0.394 e. The highest BCUT2D eigenvalue weighted by atomic mass is 16.5. The highest BCUT2D eigenvalue weighted by Crippen LogP contribution is 2.27. The maximum Gasteiger partial charge on any atom is 0.0698 e. The van der Waals surface area contributed by atoms with E-state index in [2.05, 4.69) is 19.2 Å². The van der Waals surface area contributed by atoms with Crippen LogP contribution in [0.3, 0.4) is 0 Å². The molecule has 2 N–H and O–H groups in total. The zero-order valence-electron chi connectivity index (χ0n) is 9.88. The molecule has 0 aromatic carbocycles. The molecule has 1 aliphatic carbocycles. The number of hydrogen-bond donors (Lipinski definition) is 2. The molecule has 0 heterocycles. The summed E-state index contributed by atoms with van der Waals surface area (Å²) in [5.41, 5.74) is 2.91. The van der Waals surface area contributed by atoms with Crippen LogP contribution in [0.1, 0.15) is 33.1 Å². The zero-order chi connectivity index (χ0) is 11.1. The molecular formula is C12H23NO2. The van der Waals surface area contributed by atoms with Crippen LogP contribution in [0.2, 0.25) is 0 Å². The lowest BCUT2D eigenvalue weighted by Gasteiger charge is -2.25. The molecule has 3 nitrogen and oxygen atoms in total. The second-order valence-electron chi connectivity index (χ2n) is 4.25. The van der Waals surface area contributed by atoms with Gasteiger partial charge in [0.1, 0.15) is 0 Å². The van der Waals surface area contributed by atoms with Crippen LogP contribution in [-0.4, -0.2) is 31.5 Å². The van der Waals surface area contributed by atoms with Crippen LogP contribution in [0.5, 0.6) is 0 Å². The van der Waals surface area contributed by atoms with Crippen molar-refractivity contribution in [2.75, 3.05) is 26.4 Å². The van der Waals surface area contributed by atoms with E-state index in [9.17, 15) is 0 Å². The molecule has 0 aromatic rings. The molecule has 1 atom stereocenters. The lowest BCUT2D eigenvalue weighted by atomic mass is 9.89. The number of aliphatic hydroxyl groups excluding tert-OH is 1. The number of hydrogen-bond acceptors (Lipinski definition) is 3. The van der Waals surface area contributed by atoms with E-state index in [1.807, 2.05) is 0 Å². The molecule has 88 valence electrons. The number of ether oxygens (including phenoxy) is 1. The molecule has 0 saturated heterocycles. The van der Waals surface area contributed by atoms with Gasteiger partial charge in [0.15, 0.2) is 0 Å². The standard InChI is InChI=1S/C12H23NO2/c1-10-4-3-5-11(2)12(10)13-6-8-15-9-7-14/h10,13-14H,3-9H2,1-2H3. The van der Waals surface area contributed by atoms with Crippen LogP contribution >= 0.6 is 0 Å². The fraction of sp³-hybridized carbons (Fsp3) is 0.833. The van der Waals surface area contributed by atoms with E-state index in [4.69, 9.17) is 9.84 Å². The van der Waals surface area contributed by atoms with Crippen molar-refractivity contribution in [2.45, 2.75) is 33.1 Å². The first-order chi connectivity index (χ1) is 7.25. The summed E-state index contributed by atoms with van der Waals surface area (Å²) in [6, 6.07) is 0. The van der Waals surface area contributed by atoms with Gasteiger partial charge < -0.3 is 15.2 Å². The van der Waals surface area contributed by atoms with E-state index in [1.165, 1.54) is 30.5 Å². The summed E-state index contributed by atoms with van der Waals surface area (Å²) < 4.78 is 5.21. The molecule has 0 aromatic heterocycles.